The van der Waals surface area contributed by atoms with Crippen LogP contribution in [0.5, 0.6) is 0 Å². The Morgan fingerprint density at radius 1 is 1.40 bits per heavy atom. The molecule has 0 saturated heterocycles. The zero-order valence-electron chi connectivity index (χ0n) is 8.27. The van der Waals surface area contributed by atoms with Crippen molar-refractivity contribution in [3.8, 4) is 11.5 Å². The van der Waals surface area contributed by atoms with Crippen LogP contribution in [-0.2, 0) is 0 Å². The van der Waals surface area contributed by atoms with E-state index < -0.39 is 0 Å². The monoisotopic (exact) mass is 204 g/mol. The van der Waals surface area contributed by atoms with Gasteiger partial charge < -0.3 is 14.3 Å². The molecule has 0 radical (unpaired) electrons. The molecule has 78 valence electrons. The van der Waals surface area contributed by atoms with Gasteiger partial charge in [-0.2, -0.15) is 0 Å². The van der Waals surface area contributed by atoms with Crippen LogP contribution in [-0.4, -0.2) is 11.7 Å². The van der Waals surface area contributed by atoms with Gasteiger partial charge in [0.15, 0.2) is 11.6 Å². The van der Waals surface area contributed by atoms with Crippen molar-refractivity contribution in [1.29, 1.82) is 0 Å². The van der Waals surface area contributed by atoms with Crippen molar-refractivity contribution in [1.82, 2.24) is 5.16 Å². The third kappa shape index (κ3) is 1.88. The Hall–Kier alpha value is -1.71. The summed E-state index contributed by atoms with van der Waals surface area (Å²) in [7, 11) is 0. The lowest BCUT2D eigenvalue weighted by Crippen LogP contribution is -2.02. The quantitative estimate of drug-likeness (QED) is 0.831. The van der Waals surface area contributed by atoms with Gasteiger partial charge >= 0.3 is 0 Å². The molecular formula is C11H12N2O2. The molecule has 2 heterocycles. The summed E-state index contributed by atoms with van der Waals surface area (Å²) in [6.45, 7) is 0.990. The first-order valence-corrected chi connectivity index (χ1v) is 5.16. The molecule has 0 atom stereocenters. The van der Waals surface area contributed by atoms with E-state index in [0.717, 1.165) is 18.3 Å². The van der Waals surface area contributed by atoms with E-state index in [2.05, 4.69) is 10.5 Å². The smallest absolute Gasteiger partial charge is 0.204 e. The average molecular weight is 204 g/mol. The van der Waals surface area contributed by atoms with Crippen LogP contribution in [0.15, 0.2) is 33.4 Å². The number of hydrogen-bond donors (Lipinski definition) is 1. The largest absolute Gasteiger partial charge is 0.461 e. The summed E-state index contributed by atoms with van der Waals surface area (Å²) < 4.78 is 10.4. The zero-order valence-corrected chi connectivity index (χ0v) is 8.27. The van der Waals surface area contributed by atoms with Crippen LogP contribution < -0.4 is 5.32 Å². The maximum absolute atomic E-state index is 5.21. The highest BCUT2D eigenvalue weighted by atomic mass is 16.5. The number of aromatic nitrogens is 1. The molecule has 0 bridgehead atoms. The van der Waals surface area contributed by atoms with E-state index in [1.165, 1.54) is 12.8 Å². The van der Waals surface area contributed by atoms with Crippen LogP contribution >= 0.6 is 0 Å². The molecule has 2 aromatic heterocycles. The second-order valence-electron chi connectivity index (χ2n) is 3.88. The molecule has 0 spiro atoms. The molecule has 1 saturated carbocycles. The Morgan fingerprint density at radius 3 is 3.07 bits per heavy atom. The second-order valence-corrected chi connectivity index (χ2v) is 3.88. The fourth-order valence-corrected chi connectivity index (χ4v) is 1.46. The Kier molecular flexibility index (Phi) is 1.98. The molecule has 2 aromatic rings. The first kappa shape index (κ1) is 8.59. The topological polar surface area (TPSA) is 51.2 Å². The third-order valence-electron chi connectivity index (χ3n) is 2.54. The fourth-order valence-electron chi connectivity index (χ4n) is 1.46. The third-order valence-corrected chi connectivity index (χ3v) is 2.54. The first-order valence-electron chi connectivity index (χ1n) is 5.16. The minimum Gasteiger partial charge on any atom is -0.461 e. The van der Waals surface area contributed by atoms with Gasteiger partial charge in [-0.05, 0) is 30.9 Å². The van der Waals surface area contributed by atoms with Crippen molar-refractivity contribution in [3.63, 3.8) is 0 Å². The summed E-state index contributed by atoms with van der Waals surface area (Å²) in [4.78, 5) is 0. The molecular weight excluding hydrogens is 192 g/mol. The molecule has 1 aliphatic rings. The summed E-state index contributed by atoms with van der Waals surface area (Å²) in [5.74, 6) is 2.99. The average Bonchev–Trinajstić information content (AvgIpc) is 2.78. The molecule has 4 nitrogen and oxygen atoms in total. The van der Waals surface area contributed by atoms with Gasteiger partial charge in [0.05, 0.1) is 6.26 Å². The van der Waals surface area contributed by atoms with E-state index in [9.17, 15) is 0 Å². The van der Waals surface area contributed by atoms with E-state index in [-0.39, 0.29) is 0 Å². The molecule has 1 aliphatic carbocycles. The maximum atomic E-state index is 5.21. The van der Waals surface area contributed by atoms with E-state index in [1.807, 2.05) is 18.2 Å². The minimum atomic E-state index is 0.665. The van der Waals surface area contributed by atoms with Gasteiger partial charge in [-0.3, -0.25) is 0 Å². The van der Waals surface area contributed by atoms with Gasteiger partial charge in [0.1, 0.15) is 0 Å². The molecule has 0 unspecified atom stereocenters. The van der Waals surface area contributed by atoms with Crippen LogP contribution in [0.4, 0.5) is 5.82 Å². The van der Waals surface area contributed by atoms with Crippen LogP contribution in [0.1, 0.15) is 12.8 Å². The number of rotatable bonds is 4. The predicted molar refractivity (Wildman–Crippen MR) is 55.4 cm³/mol. The van der Waals surface area contributed by atoms with Crippen molar-refractivity contribution in [3.05, 3.63) is 24.5 Å². The summed E-state index contributed by atoms with van der Waals surface area (Å²) in [6, 6.07) is 5.54. The molecule has 1 N–H and O–H groups in total. The highest BCUT2D eigenvalue weighted by Crippen LogP contribution is 2.29. The van der Waals surface area contributed by atoms with Gasteiger partial charge in [-0.15, -0.1) is 0 Å². The maximum Gasteiger partial charge on any atom is 0.204 e. The van der Waals surface area contributed by atoms with Crippen LogP contribution in [0, 0.1) is 5.92 Å². The molecule has 0 aliphatic heterocycles. The van der Waals surface area contributed by atoms with E-state index in [4.69, 9.17) is 8.94 Å². The molecule has 1 fully saturated rings. The zero-order chi connectivity index (χ0) is 10.1. The SMILES string of the molecule is c1coc(-c2cc(NCC3CC3)no2)c1. The molecule has 0 aromatic carbocycles. The van der Waals surface area contributed by atoms with Crippen molar-refractivity contribution in [2.75, 3.05) is 11.9 Å². The second kappa shape index (κ2) is 3.46. The lowest BCUT2D eigenvalue weighted by atomic mass is 10.3. The Morgan fingerprint density at radius 2 is 2.33 bits per heavy atom. The summed E-state index contributed by atoms with van der Waals surface area (Å²) in [6.07, 6.45) is 4.28. The van der Waals surface area contributed by atoms with Crippen LogP contribution in [0.2, 0.25) is 0 Å². The van der Waals surface area contributed by atoms with Crippen LogP contribution in [0.3, 0.4) is 0 Å². The van der Waals surface area contributed by atoms with Crippen molar-refractivity contribution >= 4 is 5.82 Å². The number of hydrogen-bond acceptors (Lipinski definition) is 4. The standard InChI is InChI=1S/C11H12N2O2/c1-2-9(14-5-1)10-6-11(13-15-10)12-7-8-3-4-8/h1-2,5-6,8H,3-4,7H2,(H,12,13). The number of nitrogens with zero attached hydrogens (tertiary/aromatic N) is 1. The number of furan rings is 1. The highest BCUT2D eigenvalue weighted by molar-refractivity contribution is 5.54. The minimum absolute atomic E-state index is 0.665. The molecule has 15 heavy (non-hydrogen) atoms. The summed E-state index contributed by atoms with van der Waals surface area (Å²) in [5.41, 5.74) is 0. The fraction of sp³-hybridized carbons (Fsp3) is 0.364. The van der Waals surface area contributed by atoms with E-state index in [1.54, 1.807) is 6.26 Å². The van der Waals surface area contributed by atoms with E-state index >= 15 is 0 Å². The van der Waals surface area contributed by atoms with Gasteiger partial charge in [0.2, 0.25) is 5.76 Å². The van der Waals surface area contributed by atoms with Gasteiger partial charge in [-0.1, -0.05) is 5.16 Å². The Labute approximate surface area is 87.3 Å². The van der Waals surface area contributed by atoms with Gasteiger partial charge in [0, 0.05) is 12.6 Å². The highest BCUT2D eigenvalue weighted by Gasteiger charge is 2.21. The first-order chi connectivity index (χ1) is 7.42. The van der Waals surface area contributed by atoms with E-state index in [0.29, 0.717) is 11.5 Å². The lowest BCUT2D eigenvalue weighted by Gasteiger charge is -1.96. The van der Waals surface area contributed by atoms with Gasteiger partial charge in [-0.25, -0.2) is 0 Å². The lowest BCUT2D eigenvalue weighted by molar-refractivity contribution is 0.420. The summed E-state index contributed by atoms with van der Waals surface area (Å²) in [5, 5.41) is 7.17. The Balaban J connectivity index is 1.69. The van der Waals surface area contributed by atoms with Crippen molar-refractivity contribution in [2.24, 2.45) is 5.92 Å². The van der Waals surface area contributed by atoms with Crippen molar-refractivity contribution in [2.45, 2.75) is 12.8 Å². The number of anilines is 1. The van der Waals surface area contributed by atoms with Crippen LogP contribution in [0.25, 0.3) is 11.5 Å². The molecule has 0 amide bonds. The predicted octanol–water partition coefficient (Wildman–Crippen LogP) is 2.76. The van der Waals surface area contributed by atoms with Crippen molar-refractivity contribution < 1.29 is 8.94 Å². The Bertz CT molecular complexity index is 429. The summed E-state index contributed by atoms with van der Waals surface area (Å²) >= 11 is 0. The molecule has 3 rings (SSSR count). The number of nitrogens with one attached hydrogen (secondary N) is 1. The molecule has 4 heteroatoms. The normalized spacial score (nSPS) is 15.5. The van der Waals surface area contributed by atoms with Gasteiger partial charge in [0.25, 0.3) is 0 Å².